The highest BCUT2D eigenvalue weighted by Gasteiger charge is 2.42. The molecule has 0 bridgehead atoms. The first-order chi connectivity index (χ1) is 17.5. The quantitative estimate of drug-likeness (QED) is 0.575. The molecule has 0 aliphatic carbocycles. The third-order valence-electron chi connectivity index (χ3n) is 6.75. The first-order valence-electron chi connectivity index (χ1n) is 12.3. The van der Waals surface area contributed by atoms with Crippen molar-refractivity contribution in [1.29, 1.82) is 0 Å². The summed E-state index contributed by atoms with van der Waals surface area (Å²) in [6, 6.07) is 13.1. The summed E-state index contributed by atoms with van der Waals surface area (Å²) in [5.74, 6) is 1.72. The van der Waals surface area contributed by atoms with E-state index in [1.165, 1.54) is 0 Å². The maximum atomic E-state index is 13.5. The Morgan fingerprint density at radius 3 is 2.00 bits per heavy atom. The van der Waals surface area contributed by atoms with Gasteiger partial charge in [0.05, 0.1) is 20.3 Å². The largest absolute Gasteiger partial charge is 0.497 e. The van der Waals surface area contributed by atoms with Crippen molar-refractivity contribution in [2.24, 2.45) is 0 Å². The molecule has 9 heteroatoms. The predicted molar refractivity (Wildman–Crippen MR) is 133 cm³/mol. The topological polar surface area (TPSA) is 97.4 Å². The fourth-order valence-electron chi connectivity index (χ4n) is 4.77. The average Bonchev–Trinajstić information content (AvgIpc) is 3.61. The van der Waals surface area contributed by atoms with Crippen LogP contribution in [0.25, 0.3) is 0 Å². The lowest BCUT2D eigenvalue weighted by Gasteiger charge is -2.31. The molecule has 2 atom stereocenters. The summed E-state index contributed by atoms with van der Waals surface area (Å²) >= 11 is 0. The molecule has 2 aromatic rings. The Morgan fingerprint density at radius 1 is 0.806 bits per heavy atom. The molecule has 2 fully saturated rings. The van der Waals surface area contributed by atoms with Gasteiger partial charge in [-0.3, -0.25) is 9.59 Å². The number of methoxy groups -OCH3 is 2. The maximum Gasteiger partial charge on any atom is 0.318 e. The molecule has 1 N–H and O–H groups in total. The van der Waals surface area contributed by atoms with Gasteiger partial charge in [0.15, 0.2) is 5.78 Å². The van der Waals surface area contributed by atoms with Gasteiger partial charge in [-0.2, -0.15) is 0 Å². The number of nitrogens with zero attached hydrogens (tertiary/aromatic N) is 2. The summed E-state index contributed by atoms with van der Waals surface area (Å²) in [5.41, 5.74) is 0.938. The van der Waals surface area contributed by atoms with Crippen molar-refractivity contribution in [3.8, 4) is 17.2 Å². The molecule has 3 amide bonds. The van der Waals surface area contributed by atoms with E-state index in [0.29, 0.717) is 44.0 Å². The van der Waals surface area contributed by atoms with Gasteiger partial charge in [0.25, 0.3) is 0 Å². The van der Waals surface area contributed by atoms with Gasteiger partial charge in [0.1, 0.15) is 29.9 Å². The Labute approximate surface area is 211 Å². The SMILES string of the molecule is COc1ccc(CNC(=O)N2CCC[C@@H]2C(=O)N2CCC[C@H]2C(=O)COc2ccc(OC)cc2)cc1. The van der Waals surface area contributed by atoms with E-state index in [1.54, 1.807) is 48.3 Å². The molecule has 0 radical (unpaired) electrons. The number of nitrogens with one attached hydrogen (secondary N) is 1. The van der Waals surface area contributed by atoms with E-state index in [1.807, 2.05) is 24.3 Å². The second-order valence-corrected chi connectivity index (χ2v) is 8.98. The summed E-state index contributed by atoms with van der Waals surface area (Å²) in [4.78, 5) is 42.5. The molecule has 0 aromatic heterocycles. The van der Waals surface area contributed by atoms with E-state index in [-0.39, 0.29) is 24.3 Å². The Bertz CT molecular complexity index is 973. The minimum atomic E-state index is -0.559. The molecule has 2 aromatic carbocycles. The van der Waals surface area contributed by atoms with Crippen molar-refractivity contribution in [2.45, 2.75) is 44.3 Å². The van der Waals surface area contributed by atoms with Gasteiger partial charge in [-0.15, -0.1) is 0 Å². The van der Waals surface area contributed by atoms with Crippen LogP contribution < -0.4 is 19.5 Å². The molecule has 0 spiro atoms. The number of ketones is 1. The van der Waals surface area contributed by atoms with Crippen molar-refractivity contribution in [2.75, 3.05) is 33.9 Å². The number of ether oxygens (including phenoxy) is 3. The van der Waals surface area contributed by atoms with E-state index in [9.17, 15) is 14.4 Å². The van der Waals surface area contributed by atoms with Crippen LogP contribution in [0.3, 0.4) is 0 Å². The molecular formula is C27H33N3O6. The summed E-state index contributed by atoms with van der Waals surface area (Å²) in [6.45, 7) is 1.26. The summed E-state index contributed by atoms with van der Waals surface area (Å²) in [5, 5.41) is 2.91. The molecule has 4 rings (SSSR count). The number of carbonyl (C=O) groups is 3. The summed E-state index contributed by atoms with van der Waals surface area (Å²) < 4.78 is 16.0. The first kappa shape index (κ1) is 25.3. The zero-order valence-electron chi connectivity index (χ0n) is 20.8. The van der Waals surface area contributed by atoms with Crippen molar-refractivity contribution in [1.82, 2.24) is 15.1 Å². The molecule has 2 saturated heterocycles. The number of hydrogen-bond acceptors (Lipinski definition) is 6. The van der Waals surface area contributed by atoms with Gasteiger partial charge in [0.2, 0.25) is 5.91 Å². The molecule has 36 heavy (non-hydrogen) atoms. The first-order valence-corrected chi connectivity index (χ1v) is 12.3. The average molecular weight is 496 g/mol. The van der Waals surface area contributed by atoms with Crippen LogP contribution in [0.2, 0.25) is 0 Å². The zero-order chi connectivity index (χ0) is 25.5. The van der Waals surface area contributed by atoms with Crippen LogP contribution in [0.4, 0.5) is 4.79 Å². The van der Waals surface area contributed by atoms with Gasteiger partial charge in [-0.25, -0.2) is 4.79 Å². The predicted octanol–water partition coefficient (Wildman–Crippen LogP) is 3.02. The van der Waals surface area contributed by atoms with Crippen LogP contribution in [0, 0.1) is 0 Å². The van der Waals surface area contributed by atoms with Crippen molar-refractivity contribution < 1.29 is 28.6 Å². The number of Topliss-reactive ketones (excluding diaryl/α,β-unsaturated/α-hetero) is 1. The van der Waals surface area contributed by atoms with Crippen molar-refractivity contribution in [3.05, 3.63) is 54.1 Å². The second kappa shape index (κ2) is 11.8. The molecule has 192 valence electrons. The number of amides is 3. The van der Waals surface area contributed by atoms with Crippen LogP contribution in [0.5, 0.6) is 17.2 Å². The van der Waals surface area contributed by atoms with Gasteiger partial charge in [0, 0.05) is 19.6 Å². The smallest absolute Gasteiger partial charge is 0.318 e. The van der Waals surface area contributed by atoms with E-state index in [2.05, 4.69) is 5.32 Å². The van der Waals surface area contributed by atoms with E-state index in [4.69, 9.17) is 14.2 Å². The summed E-state index contributed by atoms with van der Waals surface area (Å²) in [6.07, 6.45) is 2.70. The van der Waals surface area contributed by atoms with Crippen LogP contribution in [0.15, 0.2) is 48.5 Å². The zero-order valence-corrected chi connectivity index (χ0v) is 20.8. The molecule has 2 aliphatic rings. The van der Waals surface area contributed by atoms with Crippen LogP contribution in [0.1, 0.15) is 31.2 Å². The molecule has 2 heterocycles. The maximum absolute atomic E-state index is 13.5. The summed E-state index contributed by atoms with van der Waals surface area (Å²) in [7, 11) is 3.19. The lowest BCUT2D eigenvalue weighted by atomic mass is 10.1. The van der Waals surface area contributed by atoms with E-state index in [0.717, 1.165) is 24.2 Å². The van der Waals surface area contributed by atoms with Crippen molar-refractivity contribution in [3.63, 3.8) is 0 Å². The Hall–Kier alpha value is -3.75. The van der Waals surface area contributed by atoms with Gasteiger partial charge in [-0.1, -0.05) is 12.1 Å². The lowest BCUT2D eigenvalue weighted by Crippen LogP contribution is -2.53. The Kier molecular flexibility index (Phi) is 8.30. The second-order valence-electron chi connectivity index (χ2n) is 8.98. The standard InChI is InChI=1S/C27H33N3O6/c1-34-20-9-7-19(8-10-20)17-28-27(33)30-16-4-6-24(30)26(32)29-15-3-5-23(29)25(31)18-36-22-13-11-21(35-2)12-14-22/h7-14,23-24H,3-6,15-18H2,1-2H3,(H,28,33)/t23-,24+/m0/s1. The van der Waals surface area contributed by atoms with E-state index < -0.39 is 12.1 Å². The van der Waals surface area contributed by atoms with Crippen LogP contribution in [-0.2, 0) is 16.1 Å². The fraction of sp³-hybridized carbons (Fsp3) is 0.444. The number of hydrogen-bond donors (Lipinski definition) is 1. The molecule has 0 saturated carbocycles. The molecule has 9 nitrogen and oxygen atoms in total. The number of likely N-dealkylation sites (tertiary alicyclic amines) is 2. The highest BCUT2D eigenvalue weighted by molar-refractivity contribution is 5.94. The highest BCUT2D eigenvalue weighted by atomic mass is 16.5. The number of urea groups is 1. The number of rotatable bonds is 9. The Balaban J connectivity index is 1.32. The third-order valence-corrected chi connectivity index (χ3v) is 6.75. The number of benzene rings is 2. The Morgan fingerprint density at radius 2 is 1.36 bits per heavy atom. The molecular weight excluding hydrogens is 462 g/mol. The van der Waals surface area contributed by atoms with Gasteiger partial charge in [-0.05, 0) is 67.6 Å². The minimum Gasteiger partial charge on any atom is -0.497 e. The van der Waals surface area contributed by atoms with Gasteiger partial charge < -0.3 is 29.3 Å². The van der Waals surface area contributed by atoms with Crippen LogP contribution >= 0.6 is 0 Å². The molecule has 2 aliphatic heterocycles. The van der Waals surface area contributed by atoms with Crippen LogP contribution in [-0.4, -0.2) is 73.5 Å². The highest BCUT2D eigenvalue weighted by Crippen LogP contribution is 2.26. The minimum absolute atomic E-state index is 0.114. The van der Waals surface area contributed by atoms with Crippen molar-refractivity contribution >= 4 is 17.7 Å². The van der Waals surface area contributed by atoms with Gasteiger partial charge >= 0.3 is 6.03 Å². The lowest BCUT2D eigenvalue weighted by molar-refractivity contribution is -0.141. The number of carbonyl (C=O) groups excluding carboxylic acids is 3. The molecule has 0 unspecified atom stereocenters. The normalized spacial score (nSPS) is 19.2. The third kappa shape index (κ3) is 5.90. The fourth-order valence-corrected chi connectivity index (χ4v) is 4.77. The van der Waals surface area contributed by atoms with E-state index >= 15 is 0 Å². The monoisotopic (exact) mass is 495 g/mol.